The van der Waals surface area contributed by atoms with E-state index < -0.39 is 0 Å². The number of rotatable bonds is 8. The quantitative estimate of drug-likeness (QED) is 0.232. The number of amides is 1. The Balaban J connectivity index is 1.47. The van der Waals surface area contributed by atoms with Crippen molar-refractivity contribution in [3.8, 4) is 11.4 Å². The van der Waals surface area contributed by atoms with Crippen LogP contribution in [-0.2, 0) is 4.79 Å². The van der Waals surface area contributed by atoms with E-state index in [0.717, 1.165) is 32.8 Å². The Morgan fingerprint density at radius 1 is 1.10 bits per heavy atom. The van der Waals surface area contributed by atoms with E-state index in [-0.39, 0.29) is 24.4 Å². The molecule has 3 heterocycles. The van der Waals surface area contributed by atoms with Crippen molar-refractivity contribution in [2.24, 2.45) is 0 Å². The molecule has 0 aliphatic carbocycles. The van der Waals surface area contributed by atoms with Crippen molar-refractivity contribution < 1.29 is 9.53 Å². The summed E-state index contributed by atoms with van der Waals surface area (Å²) in [5, 5.41) is 7.07. The highest BCUT2D eigenvalue weighted by Gasteiger charge is 2.41. The number of hydrogen-bond donors (Lipinski definition) is 2. The third-order valence-electron chi connectivity index (χ3n) is 7.04. The molecule has 1 aliphatic rings. The number of ether oxygens (including phenoxy) is 1. The molecule has 1 aliphatic heterocycles. The number of pyridine rings is 1. The van der Waals surface area contributed by atoms with Crippen LogP contribution in [0.25, 0.3) is 5.69 Å². The van der Waals surface area contributed by atoms with Crippen LogP contribution >= 0.6 is 28.1 Å². The van der Waals surface area contributed by atoms with E-state index in [1.165, 1.54) is 0 Å². The van der Waals surface area contributed by atoms with Crippen molar-refractivity contribution >= 4 is 44.9 Å². The molecule has 2 aromatic heterocycles. The molecule has 1 saturated heterocycles. The van der Waals surface area contributed by atoms with Gasteiger partial charge in [-0.25, -0.2) is 0 Å². The predicted octanol–water partition coefficient (Wildman–Crippen LogP) is 6.26. The van der Waals surface area contributed by atoms with Gasteiger partial charge in [-0.3, -0.25) is 9.78 Å². The van der Waals surface area contributed by atoms with Gasteiger partial charge >= 0.3 is 0 Å². The predicted molar refractivity (Wildman–Crippen MR) is 161 cm³/mol. The summed E-state index contributed by atoms with van der Waals surface area (Å²) in [6.45, 7) is 4.68. The lowest BCUT2D eigenvalue weighted by Gasteiger charge is -2.28. The molecule has 2 atom stereocenters. The van der Waals surface area contributed by atoms with E-state index in [9.17, 15) is 4.79 Å². The highest BCUT2D eigenvalue weighted by atomic mass is 79.9. The number of para-hydroxylation sites is 3. The van der Waals surface area contributed by atoms with Crippen LogP contribution in [0.2, 0.25) is 0 Å². The smallest absolute Gasteiger partial charge is 0.226 e. The third-order valence-corrected chi connectivity index (χ3v) is 8.06. The fraction of sp³-hybridized carbons (Fsp3) is 0.233. The number of carbonyl (C=O) groups excluding carboxylic acids is 1. The molecular formula is C30H30BrN5O2S. The Hall–Kier alpha value is -3.69. The fourth-order valence-electron chi connectivity index (χ4n) is 5.26. The second-order valence-electron chi connectivity index (χ2n) is 9.43. The van der Waals surface area contributed by atoms with Crippen molar-refractivity contribution in [1.29, 1.82) is 0 Å². The topological polar surface area (TPSA) is 71.4 Å². The van der Waals surface area contributed by atoms with Gasteiger partial charge < -0.3 is 24.8 Å². The standard InChI is InChI=1S/C30H30BrN5O2S/c1-19-18-21(20(2)36(19)25-13-6-4-10-22(25)31)29-28(24-12-8-9-16-32-24)34-30(39)35(29)17-15-27(37)33-23-11-5-7-14-26(23)38-3/h4-14,16,18,28-29H,15,17H2,1-3H3,(H,33,37)(H,34,39)/t28-,29-/m0/s1. The molecule has 2 aromatic carbocycles. The molecule has 0 unspecified atom stereocenters. The third kappa shape index (κ3) is 5.42. The lowest BCUT2D eigenvalue weighted by atomic mass is 9.96. The summed E-state index contributed by atoms with van der Waals surface area (Å²) in [6.07, 6.45) is 2.05. The summed E-state index contributed by atoms with van der Waals surface area (Å²) in [4.78, 5) is 19.8. The number of aromatic nitrogens is 2. The minimum atomic E-state index is -0.163. The molecule has 4 aromatic rings. The van der Waals surface area contributed by atoms with Gasteiger partial charge in [-0.15, -0.1) is 0 Å². The minimum absolute atomic E-state index is 0.110. The lowest BCUT2D eigenvalue weighted by molar-refractivity contribution is -0.116. The molecular weight excluding hydrogens is 574 g/mol. The molecule has 0 spiro atoms. The Morgan fingerprint density at radius 3 is 2.59 bits per heavy atom. The van der Waals surface area contributed by atoms with Crippen LogP contribution in [0.3, 0.4) is 0 Å². The van der Waals surface area contributed by atoms with Crippen LogP contribution in [0.15, 0.2) is 83.5 Å². The number of halogens is 1. The van der Waals surface area contributed by atoms with Gasteiger partial charge in [0.05, 0.1) is 36.3 Å². The molecule has 39 heavy (non-hydrogen) atoms. The zero-order valence-corrected chi connectivity index (χ0v) is 24.4. The highest BCUT2D eigenvalue weighted by Crippen LogP contribution is 2.42. The minimum Gasteiger partial charge on any atom is -0.495 e. The zero-order valence-electron chi connectivity index (χ0n) is 22.0. The molecule has 1 fully saturated rings. The van der Waals surface area contributed by atoms with Gasteiger partial charge in [0, 0.05) is 35.0 Å². The molecule has 5 rings (SSSR count). The molecule has 9 heteroatoms. The zero-order chi connectivity index (χ0) is 27.5. The molecule has 7 nitrogen and oxygen atoms in total. The molecule has 0 radical (unpaired) electrons. The number of anilines is 1. The van der Waals surface area contributed by atoms with E-state index in [1.54, 1.807) is 13.3 Å². The van der Waals surface area contributed by atoms with E-state index in [4.69, 9.17) is 17.0 Å². The summed E-state index contributed by atoms with van der Waals surface area (Å²) in [7, 11) is 1.59. The monoisotopic (exact) mass is 603 g/mol. The maximum atomic E-state index is 13.0. The highest BCUT2D eigenvalue weighted by molar-refractivity contribution is 9.10. The van der Waals surface area contributed by atoms with E-state index in [0.29, 0.717) is 23.1 Å². The first-order chi connectivity index (χ1) is 18.9. The van der Waals surface area contributed by atoms with Crippen LogP contribution in [0.1, 0.15) is 41.1 Å². The average Bonchev–Trinajstić information content (AvgIpc) is 3.42. The van der Waals surface area contributed by atoms with E-state index >= 15 is 0 Å². The number of aryl methyl sites for hydroxylation is 1. The number of carbonyl (C=O) groups is 1. The number of benzene rings is 2. The van der Waals surface area contributed by atoms with E-state index in [2.05, 4.69) is 67.0 Å². The van der Waals surface area contributed by atoms with Crippen LogP contribution < -0.4 is 15.4 Å². The van der Waals surface area contributed by atoms with Crippen molar-refractivity contribution in [2.75, 3.05) is 19.0 Å². The first kappa shape index (κ1) is 26.9. The molecule has 1 amide bonds. The van der Waals surface area contributed by atoms with Gasteiger partial charge in [-0.2, -0.15) is 0 Å². The second-order valence-corrected chi connectivity index (χ2v) is 10.7. The van der Waals surface area contributed by atoms with Gasteiger partial charge in [-0.1, -0.05) is 30.3 Å². The van der Waals surface area contributed by atoms with Gasteiger partial charge in [0.1, 0.15) is 5.75 Å². The SMILES string of the molecule is COc1ccccc1NC(=O)CCN1C(=S)N[C@@H](c2ccccn2)[C@@H]1c1cc(C)n(-c2ccccc2Br)c1C. The maximum Gasteiger partial charge on any atom is 0.226 e. The number of hydrogen-bond acceptors (Lipinski definition) is 4. The number of thiocarbonyl (C=S) groups is 1. The average molecular weight is 605 g/mol. The van der Waals surface area contributed by atoms with Crippen molar-refractivity contribution in [1.82, 2.24) is 19.8 Å². The number of methoxy groups -OCH3 is 1. The first-order valence-electron chi connectivity index (χ1n) is 12.7. The van der Waals surface area contributed by atoms with Crippen LogP contribution in [0.5, 0.6) is 5.75 Å². The Morgan fingerprint density at radius 2 is 1.85 bits per heavy atom. The van der Waals surface area contributed by atoms with Gasteiger partial charge in [-0.05, 0) is 90.0 Å². The largest absolute Gasteiger partial charge is 0.495 e. The van der Waals surface area contributed by atoms with Crippen LogP contribution in [0, 0.1) is 13.8 Å². The van der Waals surface area contributed by atoms with Gasteiger partial charge in [0.2, 0.25) is 5.91 Å². The van der Waals surface area contributed by atoms with Crippen molar-refractivity contribution in [3.63, 3.8) is 0 Å². The number of nitrogens with one attached hydrogen (secondary N) is 2. The maximum absolute atomic E-state index is 13.0. The van der Waals surface area contributed by atoms with Crippen LogP contribution in [0.4, 0.5) is 5.69 Å². The summed E-state index contributed by atoms with van der Waals surface area (Å²) >= 11 is 9.55. The summed E-state index contributed by atoms with van der Waals surface area (Å²) in [5.41, 5.74) is 5.98. The molecule has 0 bridgehead atoms. The van der Waals surface area contributed by atoms with E-state index in [1.807, 2.05) is 60.7 Å². The first-order valence-corrected chi connectivity index (χ1v) is 13.9. The normalized spacial score (nSPS) is 16.7. The van der Waals surface area contributed by atoms with Crippen LogP contribution in [-0.4, -0.2) is 39.1 Å². The summed E-state index contributed by atoms with van der Waals surface area (Å²) < 4.78 is 8.65. The Kier molecular flexibility index (Phi) is 7.99. The Labute approximate surface area is 242 Å². The van der Waals surface area contributed by atoms with Gasteiger partial charge in [0.15, 0.2) is 5.11 Å². The second kappa shape index (κ2) is 11.6. The fourth-order valence-corrected chi connectivity index (χ4v) is 6.05. The molecule has 2 N–H and O–H groups in total. The summed E-state index contributed by atoms with van der Waals surface area (Å²) in [6, 6.07) is 23.4. The summed E-state index contributed by atoms with van der Waals surface area (Å²) in [5.74, 6) is 0.512. The number of nitrogens with zero attached hydrogens (tertiary/aromatic N) is 3. The molecule has 200 valence electrons. The Bertz CT molecular complexity index is 1510. The van der Waals surface area contributed by atoms with Crippen molar-refractivity contribution in [2.45, 2.75) is 32.4 Å². The molecule has 0 saturated carbocycles. The van der Waals surface area contributed by atoms with Gasteiger partial charge in [0.25, 0.3) is 0 Å². The lowest BCUT2D eigenvalue weighted by Crippen LogP contribution is -2.33. The van der Waals surface area contributed by atoms with Crippen molar-refractivity contribution in [3.05, 3.63) is 106 Å².